The number of carbonyl (C=O) groups is 2. The number of benzene rings is 1. The molecule has 2 aliphatic heterocycles. The standard InChI is InChI=1S/C26H32BrN3O3/c1-25(2,3)33-24(32)30-13-10-26(16-30)8-11-29(12-9-26)22-19-14-18(27)6-7-21(19)28-15-20(22)23(31)17-4-5-17/h6-7,14-15,17H,4-5,8-13,16H2,1-3H3. The van der Waals surface area contributed by atoms with Gasteiger partial charge >= 0.3 is 6.09 Å². The number of pyridine rings is 1. The lowest BCUT2D eigenvalue weighted by Crippen LogP contribution is -2.43. The van der Waals surface area contributed by atoms with Crippen LogP contribution in [0.5, 0.6) is 0 Å². The number of halogens is 1. The van der Waals surface area contributed by atoms with E-state index < -0.39 is 5.60 Å². The van der Waals surface area contributed by atoms with E-state index in [0.29, 0.717) is 0 Å². The van der Waals surface area contributed by atoms with Crippen LogP contribution in [0.1, 0.15) is 63.2 Å². The van der Waals surface area contributed by atoms with E-state index >= 15 is 0 Å². The van der Waals surface area contributed by atoms with Crippen LogP contribution >= 0.6 is 15.9 Å². The number of Topliss-reactive ketones (excluding diaryl/α,β-unsaturated/α-hetero) is 1. The normalized spacial score (nSPS) is 20.5. The first-order valence-electron chi connectivity index (χ1n) is 12.0. The topological polar surface area (TPSA) is 62.7 Å². The molecule has 3 fully saturated rings. The van der Waals surface area contributed by atoms with E-state index in [2.05, 4.69) is 31.9 Å². The van der Waals surface area contributed by atoms with Crippen molar-refractivity contribution >= 4 is 44.4 Å². The Balaban J connectivity index is 1.37. The molecule has 1 amide bonds. The van der Waals surface area contributed by atoms with Crippen LogP contribution < -0.4 is 4.90 Å². The number of amides is 1. The van der Waals surface area contributed by atoms with Crippen molar-refractivity contribution in [2.24, 2.45) is 11.3 Å². The molecular weight excluding hydrogens is 482 g/mol. The minimum atomic E-state index is -0.475. The van der Waals surface area contributed by atoms with Gasteiger partial charge in [-0.3, -0.25) is 9.78 Å². The number of ketones is 1. The zero-order valence-electron chi connectivity index (χ0n) is 19.7. The average molecular weight is 514 g/mol. The summed E-state index contributed by atoms with van der Waals surface area (Å²) in [7, 11) is 0. The predicted octanol–water partition coefficient (Wildman–Crippen LogP) is 5.82. The van der Waals surface area contributed by atoms with Crippen LogP contribution in [-0.2, 0) is 4.74 Å². The van der Waals surface area contributed by atoms with Crippen LogP contribution in [0.25, 0.3) is 10.9 Å². The van der Waals surface area contributed by atoms with Gasteiger partial charge in [-0.25, -0.2) is 4.79 Å². The van der Waals surface area contributed by atoms with Crippen molar-refractivity contribution in [3.05, 3.63) is 34.4 Å². The molecule has 3 aliphatic rings. The number of hydrogen-bond donors (Lipinski definition) is 0. The molecule has 5 rings (SSSR count). The van der Waals surface area contributed by atoms with Crippen molar-refractivity contribution in [3.8, 4) is 0 Å². The van der Waals surface area contributed by atoms with Gasteiger partial charge in [-0.1, -0.05) is 15.9 Å². The third-order valence-corrected chi connectivity index (χ3v) is 7.74. The number of ether oxygens (including phenoxy) is 1. The second-order valence-electron chi connectivity index (χ2n) is 11.0. The van der Waals surface area contributed by atoms with Crippen molar-refractivity contribution < 1.29 is 14.3 Å². The number of nitrogens with zero attached hydrogens (tertiary/aromatic N) is 3. The van der Waals surface area contributed by atoms with Gasteiger partial charge in [-0.15, -0.1) is 0 Å². The van der Waals surface area contributed by atoms with Gasteiger partial charge in [0.15, 0.2) is 5.78 Å². The number of aromatic nitrogens is 1. The highest BCUT2D eigenvalue weighted by Gasteiger charge is 2.44. The Morgan fingerprint density at radius 3 is 2.48 bits per heavy atom. The maximum Gasteiger partial charge on any atom is 0.410 e. The molecule has 0 unspecified atom stereocenters. The van der Waals surface area contributed by atoms with Crippen LogP contribution in [0.2, 0.25) is 0 Å². The monoisotopic (exact) mass is 513 g/mol. The van der Waals surface area contributed by atoms with E-state index in [9.17, 15) is 9.59 Å². The fourth-order valence-electron chi connectivity index (χ4n) is 5.27. The van der Waals surface area contributed by atoms with Gasteiger partial charge in [0.05, 0.1) is 16.8 Å². The molecule has 0 atom stereocenters. The summed E-state index contributed by atoms with van der Waals surface area (Å²) in [6.07, 6.45) is 6.57. The average Bonchev–Trinajstić information content (AvgIpc) is 3.53. The number of rotatable bonds is 3. The number of likely N-dealkylation sites (tertiary alicyclic amines) is 1. The molecule has 0 radical (unpaired) electrons. The fraction of sp³-hybridized carbons (Fsp3) is 0.577. The minimum absolute atomic E-state index is 0.136. The second kappa shape index (κ2) is 8.26. The van der Waals surface area contributed by atoms with Crippen molar-refractivity contribution in [2.45, 2.75) is 58.5 Å². The number of anilines is 1. The number of carbonyl (C=O) groups excluding carboxylic acids is 2. The lowest BCUT2D eigenvalue weighted by Gasteiger charge is -2.41. The van der Waals surface area contributed by atoms with Crippen LogP contribution in [-0.4, -0.2) is 53.5 Å². The molecule has 2 aromatic rings. The van der Waals surface area contributed by atoms with Crippen LogP contribution in [0, 0.1) is 11.3 Å². The number of hydrogen-bond acceptors (Lipinski definition) is 5. The summed E-state index contributed by atoms with van der Waals surface area (Å²) >= 11 is 3.60. The Morgan fingerprint density at radius 2 is 1.82 bits per heavy atom. The first kappa shape index (κ1) is 22.6. The first-order chi connectivity index (χ1) is 15.6. The van der Waals surface area contributed by atoms with Crippen LogP contribution in [0.15, 0.2) is 28.9 Å². The molecule has 1 aliphatic carbocycles. The summed E-state index contributed by atoms with van der Waals surface area (Å²) < 4.78 is 6.60. The molecular formula is C26H32BrN3O3. The zero-order chi connectivity index (χ0) is 23.4. The Morgan fingerprint density at radius 1 is 1.12 bits per heavy atom. The Labute approximate surface area is 203 Å². The molecule has 1 aromatic carbocycles. The Hall–Kier alpha value is -2.15. The molecule has 176 valence electrons. The molecule has 33 heavy (non-hydrogen) atoms. The summed E-state index contributed by atoms with van der Waals surface area (Å²) in [5.74, 6) is 0.389. The molecule has 0 bridgehead atoms. The largest absolute Gasteiger partial charge is 0.444 e. The second-order valence-corrected chi connectivity index (χ2v) is 11.9. The highest BCUT2D eigenvalue weighted by atomic mass is 79.9. The lowest BCUT2D eigenvalue weighted by atomic mass is 9.77. The van der Waals surface area contributed by atoms with Gasteiger partial charge in [0.1, 0.15) is 5.60 Å². The molecule has 1 spiro atoms. The summed E-state index contributed by atoms with van der Waals surface area (Å²) in [6.45, 7) is 8.99. The Kier molecular flexibility index (Phi) is 5.66. The first-order valence-corrected chi connectivity index (χ1v) is 12.8. The lowest BCUT2D eigenvalue weighted by molar-refractivity contribution is 0.0266. The molecule has 3 heterocycles. The van der Waals surface area contributed by atoms with Gasteiger partial charge in [0, 0.05) is 48.2 Å². The van der Waals surface area contributed by atoms with Crippen molar-refractivity contribution in [2.75, 3.05) is 31.1 Å². The predicted molar refractivity (Wildman–Crippen MR) is 133 cm³/mol. The van der Waals surface area contributed by atoms with E-state index in [-0.39, 0.29) is 23.2 Å². The maximum absolute atomic E-state index is 13.1. The van der Waals surface area contributed by atoms with Crippen molar-refractivity contribution in [1.82, 2.24) is 9.88 Å². The number of piperidine rings is 1. The summed E-state index contributed by atoms with van der Waals surface area (Å²) in [5.41, 5.74) is 2.38. The van der Waals surface area contributed by atoms with Crippen molar-refractivity contribution in [1.29, 1.82) is 0 Å². The molecule has 0 N–H and O–H groups in total. The van der Waals surface area contributed by atoms with E-state index in [1.54, 1.807) is 6.20 Å². The zero-order valence-corrected chi connectivity index (χ0v) is 21.3. The van der Waals surface area contributed by atoms with Gasteiger partial charge in [0.2, 0.25) is 0 Å². The van der Waals surface area contributed by atoms with E-state index in [0.717, 1.165) is 84.9 Å². The molecule has 1 saturated carbocycles. The third-order valence-electron chi connectivity index (χ3n) is 7.25. The highest BCUT2D eigenvalue weighted by molar-refractivity contribution is 9.10. The van der Waals surface area contributed by atoms with E-state index in [4.69, 9.17) is 4.74 Å². The highest BCUT2D eigenvalue weighted by Crippen LogP contribution is 2.44. The minimum Gasteiger partial charge on any atom is -0.444 e. The van der Waals surface area contributed by atoms with E-state index in [1.165, 1.54) is 0 Å². The molecule has 6 nitrogen and oxygen atoms in total. The van der Waals surface area contributed by atoms with E-state index in [1.807, 2.05) is 37.8 Å². The molecule has 1 aromatic heterocycles. The third kappa shape index (κ3) is 4.61. The smallest absolute Gasteiger partial charge is 0.410 e. The summed E-state index contributed by atoms with van der Waals surface area (Å²) in [6, 6.07) is 6.09. The van der Waals surface area contributed by atoms with Gasteiger partial charge in [-0.2, -0.15) is 0 Å². The number of fused-ring (bicyclic) bond motifs is 1. The Bertz CT molecular complexity index is 1100. The SMILES string of the molecule is CC(C)(C)OC(=O)N1CCC2(CCN(c3c(C(=O)C4CC4)cnc4ccc(Br)cc34)CC2)C1. The van der Waals surface area contributed by atoms with Gasteiger partial charge < -0.3 is 14.5 Å². The quantitative estimate of drug-likeness (QED) is 0.484. The molecule has 2 saturated heterocycles. The fourth-order valence-corrected chi connectivity index (χ4v) is 5.63. The van der Waals surface area contributed by atoms with Gasteiger partial charge in [-0.05, 0) is 76.5 Å². The summed E-state index contributed by atoms with van der Waals surface area (Å²) in [5, 5.41) is 1.04. The van der Waals surface area contributed by atoms with Crippen LogP contribution in [0.4, 0.5) is 10.5 Å². The van der Waals surface area contributed by atoms with Crippen molar-refractivity contribution in [3.63, 3.8) is 0 Å². The van der Waals surface area contributed by atoms with Gasteiger partial charge in [0.25, 0.3) is 0 Å². The summed E-state index contributed by atoms with van der Waals surface area (Å²) in [4.78, 5) is 34.6. The van der Waals surface area contributed by atoms with Crippen LogP contribution in [0.3, 0.4) is 0 Å². The maximum atomic E-state index is 13.1. The molecule has 7 heteroatoms.